The van der Waals surface area contributed by atoms with Crippen LogP contribution in [0.3, 0.4) is 0 Å². The average molecular weight is 465 g/mol. The van der Waals surface area contributed by atoms with Gasteiger partial charge in [-0.25, -0.2) is 0 Å². The molecule has 8 nitrogen and oxygen atoms in total. The fraction of sp³-hybridized carbons (Fsp3) is 0.318. The van der Waals surface area contributed by atoms with E-state index in [1.807, 2.05) is 0 Å². The summed E-state index contributed by atoms with van der Waals surface area (Å²) in [6.45, 7) is 0.903. The summed E-state index contributed by atoms with van der Waals surface area (Å²) >= 11 is 0. The third-order valence-corrected chi connectivity index (χ3v) is 6.51. The Morgan fingerprint density at radius 1 is 1.18 bits per heavy atom. The summed E-state index contributed by atoms with van der Waals surface area (Å²) in [6.07, 6.45) is -5.48. The number of halogens is 3. The highest BCUT2D eigenvalue weighted by atomic mass is 19.4. The Bertz CT molecular complexity index is 1300. The van der Waals surface area contributed by atoms with Crippen LogP contribution in [0.4, 0.5) is 13.2 Å². The van der Waals surface area contributed by atoms with E-state index in [0.29, 0.717) is 0 Å². The smallest absolute Gasteiger partial charge is 0.395 e. The summed E-state index contributed by atoms with van der Waals surface area (Å²) in [5, 5.41) is 42.1. The fourth-order valence-electron chi connectivity index (χ4n) is 4.73. The van der Waals surface area contributed by atoms with Gasteiger partial charge in [0.15, 0.2) is 11.4 Å². The highest BCUT2D eigenvalue weighted by molar-refractivity contribution is 6.23. The molecule has 1 amide bonds. The highest BCUT2D eigenvalue weighted by Crippen LogP contribution is 2.50. The van der Waals surface area contributed by atoms with Gasteiger partial charge in [-0.3, -0.25) is 14.4 Å². The number of hydrogen-bond acceptors (Lipinski definition) is 7. The van der Waals surface area contributed by atoms with E-state index in [0.717, 1.165) is 19.1 Å². The van der Waals surface area contributed by atoms with E-state index in [1.165, 1.54) is 6.07 Å². The molecule has 174 valence electrons. The van der Waals surface area contributed by atoms with Crippen LogP contribution in [0.1, 0.15) is 40.7 Å². The van der Waals surface area contributed by atoms with Crippen molar-refractivity contribution in [3.63, 3.8) is 0 Å². The molecule has 0 aromatic heterocycles. The van der Waals surface area contributed by atoms with Gasteiger partial charge in [-0.15, -0.1) is 0 Å². The normalized spacial score (nSPS) is 24.0. The van der Waals surface area contributed by atoms with E-state index in [9.17, 15) is 48.0 Å². The number of phenolic OH excluding ortho intramolecular Hbond substituents is 2. The van der Waals surface area contributed by atoms with Crippen LogP contribution >= 0.6 is 0 Å². The van der Waals surface area contributed by atoms with Crippen LogP contribution in [0, 0.1) is 5.92 Å². The molecule has 2 aliphatic carbocycles. The molecular formula is C22H18F3NO7. The zero-order chi connectivity index (χ0) is 24.6. The minimum Gasteiger partial charge on any atom is -0.508 e. The van der Waals surface area contributed by atoms with Gasteiger partial charge >= 0.3 is 6.18 Å². The molecule has 0 spiro atoms. The number of ketones is 2. The first-order chi connectivity index (χ1) is 15.2. The molecule has 3 unspecified atom stereocenters. The molecule has 33 heavy (non-hydrogen) atoms. The van der Waals surface area contributed by atoms with Crippen molar-refractivity contribution in [1.29, 1.82) is 0 Å². The first-order valence-corrected chi connectivity index (χ1v) is 9.82. The Labute approximate surface area is 183 Å². The number of carbonyl (C=O) groups is 3. The van der Waals surface area contributed by atoms with E-state index >= 15 is 0 Å². The van der Waals surface area contributed by atoms with Gasteiger partial charge in [0.2, 0.25) is 5.78 Å². The van der Waals surface area contributed by atoms with Crippen molar-refractivity contribution in [2.75, 3.05) is 0 Å². The molecule has 0 fully saturated rings. The summed E-state index contributed by atoms with van der Waals surface area (Å²) in [4.78, 5) is 37.2. The van der Waals surface area contributed by atoms with Gasteiger partial charge in [-0.1, -0.05) is 6.07 Å². The third kappa shape index (κ3) is 2.99. The maximum Gasteiger partial charge on any atom is 0.395 e. The molecule has 2 aromatic carbocycles. The number of benzene rings is 2. The molecule has 0 radical (unpaired) electrons. The number of Topliss-reactive ketones (excluding diaryl/α,β-unsaturated/α-hetero) is 2. The number of rotatable bonds is 2. The van der Waals surface area contributed by atoms with Crippen LogP contribution in [0.15, 0.2) is 29.5 Å². The summed E-state index contributed by atoms with van der Waals surface area (Å²) in [6, 6.07) is 3.19. The van der Waals surface area contributed by atoms with Crippen LogP contribution in [0.25, 0.3) is 10.8 Å². The van der Waals surface area contributed by atoms with Gasteiger partial charge in [-0.05, 0) is 42.0 Å². The summed E-state index contributed by atoms with van der Waals surface area (Å²) < 4.78 is 40.2. The lowest BCUT2D eigenvalue weighted by Gasteiger charge is -2.41. The lowest BCUT2D eigenvalue weighted by Crippen LogP contribution is -2.56. The topological polar surface area (TPSA) is 158 Å². The second kappa shape index (κ2) is 6.95. The Kier molecular flexibility index (Phi) is 4.76. The predicted molar refractivity (Wildman–Crippen MR) is 107 cm³/mol. The number of fused-ring (bicyclic) bond motifs is 3. The van der Waals surface area contributed by atoms with Gasteiger partial charge in [0, 0.05) is 12.3 Å². The molecule has 0 saturated heterocycles. The second-order valence-electron chi connectivity index (χ2n) is 8.33. The van der Waals surface area contributed by atoms with Crippen molar-refractivity contribution in [3.05, 3.63) is 46.2 Å². The zero-order valence-electron chi connectivity index (χ0n) is 17.0. The number of alkyl halides is 3. The zero-order valence-corrected chi connectivity index (χ0v) is 17.0. The van der Waals surface area contributed by atoms with Crippen LogP contribution < -0.4 is 5.73 Å². The van der Waals surface area contributed by atoms with Crippen LogP contribution in [-0.2, 0) is 16.0 Å². The van der Waals surface area contributed by atoms with Crippen LogP contribution in [-0.4, -0.2) is 49.7 Å². The van der Waals surface area contributed by atoms with Gasteiger partial charge in [0.05, 0.1) is 16.9 Å². The van der Waals surface area contributed by atoms with Gasteiger partial charge in [0.1, 0.15) is 22.8 Å². The molecule has 4 rings (SSSR count). The largest absolute Gasteiger partial charge is 0.508 e. The summed E-state index contributed by atoms with van der Waals surface area (Å²) in [5.74, 6) is -9.50. The van der Waals surface area contributed by atoms with E-state index in [-0.39, 0.29) is 22.9 Å². The Morgan fingerprint density at radius 2 is 1.82 bits per heavy atom. The number of phenols is 2. The lowest BCUT2D eigenvalue weighted by molar-refractivity contribution is -0.146. The van der Waals surface area contributed by atoms with Gasteiger partial charge < -0.3 is 26.2 Å². The first kappa shape index (κ1) is 22.6. The molecular weight excluding hydrogens is 447 g/mol. The lowest BCUT2D eigenvalue weighted by atomic mass is 9.64. The molecule has 0 saturated carbocycles. The van der Waals surface area contributed by atoms with Crippen molar-refractivity contribution < 1.29 is 48.0 Å². The molecule has 11 heteroatoms. The molecule has 0 bridgehead atoms. The molecule has 0 heterocycles. The molecule has 2 aliphatic rings. The van der Waals surface area contributed by atoms with Gasteiger partial charge in [-0.2, -0.15) is 13.2 Å². The van der Waals surface area contributed by atoms with E-state index < -0.39 is 81.3 Å². The third-order valence-electron chi connectivity index (χ3n) is 6.51. The number of aliphatic hydroxyl groups excluding tert-OH is 1. The Balaban J connectivity index is 2.02. The predicted octanol–water partition coefficient (Wildman–Crippen LogP) is 2.27. The van der Waals surface area contributed by atoms with E-state index in [2.05, 4.69) is 0 Å². The standard InChI is InChI=1S/C22H18F3NO7/c1-7(22(23,24)25)10-2-3-12(27)15-11(10)5-8-4-9-6-13(28)16(20(26)32)19(31)21(9,33)18(30)14(8)17(15)29/h2-3,5,7,9,27,29,31,33H,4,6H2,1H3,(H2,26,32). The minimum atomic E-state index is -4.64. The molecule has 6 N–H and O–H groups in total. The number of nitrogens with two attached hydrogens (primary N) is 1. The number of carbonyl (C=O) groups excluding carboxylic acids is 3. The van der Waals surface area contributed by atoms with Crippen LogP contribution in [0.2, 0.25) is 0 Å². The maximum absolute atomic E-state index is 13.4. The summed E-state index contributed by atoms with van der Waals surface area (Å²) in [5.41, 5.74) is 0.613. The van der Waals surface area contributed by atoms with E-state index in [4.69, 9.17) is 5.73 Å². The number of primary amides is 1. The fourth-order valence-corrected chi connectivity index (χ4v) is 4.73. The SMILES string of the molecule is CC(c1ccc(O)c2c(O)c3c(cc12)CC1CC(=O)C(C(N)=O)=C(O)C1(O)C3=O)C(F)(F)F. The molecule has 0 aliphatic heterocycles. The first-order valence-electron chi connectivity index (χ1n) is 9.82. The monoisotopic (exact) mass is 465 g/mol. The van der Waals surface area contributed by atoms with Crippen molar-refractivity contribution in [2.45, 2.75) is 37.5 Å². The van der Waals surface area contributed by atoms with Crippen molar-refractivity contribution in [1.82, 2.24) is 0 Å². The maximum atomic E-state index is 13.4. The quantitative estimate of drug-likeness (QED) is 0.426. The molecule has 2 aromatic rings. The van der Waals surface area contributed by atoms with Crippen LogP contribution in [0.5, 0.6) is 11.5 Å². The van der Waals surface area contributed by atoms with Gasteiger partial charge in [0.25, 0.3) is 5.91 Å². The average Bonchev–Trinajstić information content (AvgIpc) is 2.69. The molecule has 3 atom stereocenters. The summed E-state index contributed by atoms with van der Waals surface area (Å²) in [7, 11) is 0. The van der Waals surface area contributed by atoms with Crippen molar-refractivity contribution in [2.24, 2.45) is 11.7 Å². The number of amides is 1. The van der Waals surface area contributed by atoms with E-state index in [1.54, 1.807) is 0 Å². The Morgan fingerprint density at radius 3 is 2.39 bits per heavy atom. The number of aliphatic hydroxyl groups is 2. The Hall–Kier alpha value is -3.60. The van der Waals surface area contributed by atoms with Crippen molar-refractivity contribution in [3.8, 4) is 11.5 Å². The minimum absolute atomic E-state index is 0.0176. The number of aromatic hydroxyl groups is 2. The number of hydrogen-bond donors (Lipinski definition) is 5. The highest BCUT2D eigenvalue weighted by Gasteiger charge is 2.58. The second-order valence-corrected chi connectivity index (χ2v) is 8.33. The van der Waals surface area contributed by atoms with Crippen molar-refractivity contribution >= 4 is 28.2 Å².